The van der Waals surface area contributed by atoms with E-state index in [1.807, 2.05) is 19.9 Å². The predicted octanol–water partition coefficient (Wildman–Crippen LogP) is 1.85. The quantitative estimate of drug-likeness (QED) is 0.373. The summed E-state index contributed by atoms with van der Waals surface area (Å²) < 4.78 is 40.0. The Morgan fingerprint density at radius 3 is 2.60 bits per heavy atom. The first-order valence-corrected chi connectivity index (χ1v) is 5.92. The summed E-state index contributed by atoms with van der Waals surface area (Å²) in [6, 6.07) is 0. The van der Waals surface area contributed by atoms with E-state index >= 15 is 0 Å². The summed E-state index contributed by atoms with van der Waals surface area (Å²) in [5, 5.41) is 0. The van der Waals surface area contributed by atoms with Crippen molar-refractivity contribution in [2.24, 2.45) is 0 Å². The molecule has 0 aromatic rings. The summed E-state index contributed by atoms with van der Waals surface area (Å²) in [5.41, 5.74) is 1.09. The molecule has 0 bridgehead atoms. The fourth-order valence-corrected chi connectivity index (χ4v) is 1.31. The Kier molecular flexibility index (Phi) is 4.53. The van der Waals surface area contributed by atoms with Gasteiger partial charge in [-0.15, -0.1) is 0 Å². The minimum atomic E-state index is -3.87. The molecule has 15 heavy (non-hydrogen) atoms. The van der Waals surface area contributed by atoms with Gasteiger partial charge in [-0.25, -0.2) is 0 Å². The van der Waals surface area contributed by atoms with E-state index in [0.717, 1.165) is 5.57 Å². The van der Waals surface area contributed by atoms with Gasteiger partial charge < -0.3 is 9.47 Å². The molecule has 1 saturated heterocycles. The number of hydrogen-bond donors (Lipinski definition) is 3. The molecule has 1 heterocycles. The zero-order valence-electron chi connectivity index (χ0n) is 8.62. The Bertz CT molecular complexity index is 236. The summed E-state index contributed by atoms with van der Waals surface area (Å²) >= 11 is -3.87. The molecule has 1 fully saturated rings. The lowest BCUT2D eigenvalue weighted by Crippen LogP contribution is -2.10. The number of ether oxygens (including phenoxy) is 2. The zero-order valence-corrected chi connectivity index (χ0v) is 9.44. The average molecular weight is 240 g/mol. The third-order valence-electron chi connectivity index (χ3n) is 1.96. The van der Waals surface area contributed by atoms with Gasteiger partial charge in [-0.1, -0.05) is 6.08 Å². The van der Waals surface area contributed by atoms with Crippen LogP contribution >= 0.6 is 11.2 Å². The van der Waals surface area contributed by atoms with E-state index < -0.39 is 11.2 Å². The van der Waals surface area contributed by atoms with Gasteiger partial charge in [0.15, 0.2) is 6.29 Å². The van der Waals surface area contributed by atoms with Crippen LogP contribution in [-0.4, -0.2) is 39.3 Å². The maximum Gasteiger partial charge on any atom is 0.216 e. The lowest BCUT2D eigenvalue weighted by molar-refractivity contribution is 0.0275. The fraction of sp³-hybridized carbons (Fsp3) is 0.750. The number of allylic oxidation sites excluding steroid dienone is 1. The Morgan fingerprint density at radius 2 is 2.07 bits per heavy atom. The van der Waals surface area contributed by atoms with E-state index in [4.69, 9.17) is 23.1 Å². The molecule has 90 valence electrons. The molecule has 0 radical (unpaired) electrons. The molecule has 0 aromatic carbocycles. The van der Waals surface area contributed by atoms with Crippen LogP contribution in [0, 0.1) is 0 Å². The van der Waals surface area contributed by atoms with E-state index in [9.17, 15) is 0 Å². The largest absolute Gasteiger partial charge is 0.347 e. The number of rotatable bonds is 6. The summed E-state index contributed by atoms with van der Waals surface area (Å²) in [7, 11) is 0. The molecule has 1 rings (SSSR count). The van der Waals surface area contributed by atoms with Crippen molar-refractivity contribution in [3.05, 3.63) is 11.6 Å². The first-order valence-electron chi connectivity index (χ1n) is 4.49. The Labute approximate surface area is 90.2 Å². The van der Waals surface area contributed by atoms with Gasteiger partial charge in [-0.05, 0) is 19.4 Å². The van der Waals surface area contributed by atoms with Crippen LogP contribution in [0.3, 0.4) is 0 Å². The highest BCUT2D eigenvalue weighted by molar-refractivity contribution is 8.15. The normalized spacial score (nSPS) is 27.9. The van der Waals surface area contributed by atoms with Crippen LogP contribution in [0.25, 0.3) is 0 Å². The summed E-state index contributed by atoms with van der Waals surface area (Å²) in [5.74, 6) is 0. The summed E-state index contributed by atoms with van der Waals surface area (Å²) in [6.45, 7) is 3.89. The van der Waals surface area contributed by atoms with Crippen LogP contribution in [0.5, 0.6) is 0 Å². The fourth-order valence-electron chi connectivity index (χ4n) is 1.02. The van der Waals surface area contributed by atoms with Crippen molar-refractivity contribution in [3.63, 3.8) is 0 Å². The van der Waals surface area contributed by atoms with Gasteiger partial charge in [-0.2, -0.15) is 0 Å². The SMILES string of the molecule is CC=C(C)C1OC1OCCOS(O)(O)O. The summed E-state index contributed by atoms with van der Waals surface area (Å²) in [6.07, 6.45) is 1.64. The van der Waals surface area contributed by atoms with Crippen molar-refractivity contribution >= 4 is 11.2 Å². The smallest absolute Gasteiger partial charge is 0.216 e. The van der Waals surface area contributed by atoms with E-state index in [0.29, 0.717) is 0 Å². The Hall–Kier alpha value is -0.150. The van der Waals surface area contributed by atoms with E-state index in [1.165, 1.54) is 0 Å². The minimum Gasteiger partial charge on any atom is -0.347 e. The average Bonchev–Trinajstić information content (AvgIpc) is 2.89. The third-order valence-corrected chi connectivity index (χ3v) is 2.45. The van der Waals surface area contributed by atoms with Crippen LogP contribution in [0.4, 0.5) is 0 Å². The molecule has 0 aliphatic carbocycles. The van der Waals surface area contributed by atoms with Crippen LogP contribution < -0.4 is 0 Å². The lowest BCUT2D eigenvalue weighted by atomic mass is 10.2. The molecular weight excluding hydrogens is 224 g/mol. The Morgan fingerprint density at radius 1 is 1.40 bits per heavy atom. The topological polar surface area (TPSA) is 91.7 Å². The molecule has 3 N–H and O–H groups in total. The molecule has 0 aromatic heterocycles. The minimum absolute atomic E-state index is 0.00974. The lowest BCUT2D eigenvalue weighted by Gasteiger charge is -2.17. The van der Waals surface area contributed by atoms with Crippen LogP contribution in [-0.2, 0) is 13.7 Å². The standard InChI is InChI=1S/C8H16O6S/c1-3-6(2)7-8(14-7)12-4-5-13-15(9,10)11/h3,7-11H,4-5H2,1-2H3. The van der Waals surface area contributed by atoms with Gasteiger partial charge >= 0.3 is 0 Å². The highest BCUT2D eigenvalue weighted by atomic mass is 32.3. The van der Waals surface area contributed by atoms with Crippen molar-refractivity contribution in [2.45, 2.75) is 26.2 Å². The Balaban J connectivity index is 2.04. The molecular formula is C8H16O6S. The predicted molar refractivity (Wildman–Crippen MR) is 55.5 cm³/mol. The van der Waals surface area contributed by atoms with Gasteiger partial charge in [0.1, 0.15) is 6.10 Å². The van der Waals surface area contributed by atoms with E-state index in [1.54, 1.807) is 0 Å². The molecule has 7 heteroatoms. The second-order valence-corrected chi connectivity index (χ2v) is 4.29. The van der Waals surface area contributed by atoms with Gasteiger partial charge in [0.25, 0.3) is 0 Å². The second-order valence-electron chi connectivity index (χ2n) is 3.12. The highest BCUT2D eigenvalue weighted by Crippen LogP contribution is 2.34. The maximum absolute atomic E-state index is 8.45. The second kappa shape index (κ2) is 5.26. The first-order chi connectivity index (χ1) is 6.94. The van der Waals surface area contributed by atoms with Gasteiger partial charge in [0.05, 0.1) is 13.2 Å². The van der Waals surface area contributed by atoms with Gasteiger partial charge in [0.2, 0.25) is 11.2 Å². The molecule has 1 aliphatic heterocycles. The first kappa shape index (κ1) is 12.9. The molecule has 0 amide bonds. The summed E-state index contributed by atoms with van der Waals surface area (Å²) in [4.78, 5) is 0. The molecule has 0 saturated carbocycles. The van der Waals surface area contributed by atoms with Crippen molar-refractivity contribution < 1.29 is 27.3 Å². The monoisotopic (exact) mass is 240 g/mol. The van der Waals surface area contributed by atoms with Crippen LogP contribution in [0.15, 0.2) is 11.6 Å². The van der Waals surface area contributed by atoms with Crippen molar-refractivity contribution in [3.8, 4) is 0 Å². The molecule has 6 nitrogen and oxygen atoms in total. The van der Waals surface area contributed by atoms with E-state index in [2.05, 4.69) is 4.18 Å². The van der Waals surface area contributed by atoms with Gasteiger partial charge in [-0.3, -0.25) is 17.8 Å². The molecule has 2 unspecified atom stereocenters. The van der Waals surface area contributed by atoms with Crippen molar-refractivity contribution in [1.29, 1.82) is 0 Å². The molecule has 0 spiro atoms. The van der Waals surface area contributed by atoms with E-state index in [-0.39, 0.29) is 25.6 Å². The highest BCUT2D eigenvalue weighted by Gasteiger charge is 2.40. The zero-order chi connectivity index (χ0) is 11.5. The number of hydrogen-bond acceptors (Lipinski definition) is 6. The van der Waals surface area contributed by atoms with Crippen molar-refractivity contribution in [1.82, 2.24) is 0 Å². The van der Waals surface area contributed by atoms with Crippen LogP contribution in [0.2, 0.25) is 0 Å². The molecule has 1 aliphatic rings. The van der Waals surface area contributed by atoms with Crippen LogP contribution in [0.1, 0.15) is 13.8 Å². The van der Waals surface area contributed by atoms with Crippen molar-refractivity contribution in [2.75, 3.05) is 13.2 Å². The molecule has 2 atom stereocenters. The maximum atomic E-state index is 8.45. The third kappa shape index (κ3) is 4.94. The number of epoxide rings is 1. The van der Waals surface area contributed by atoms with Gasteiger partial charge in [0, 0.05) is 0 Å².